The van der Waals surface area contributed by atoms with Crippen molar-refractivity contribution in [1.29, 1.82) is 0 Å². The van der Waals surface area contributed by atoms with Crippen LogP contribution >= 0.6 is 0 Å². The molecule has 1 heterocycles. The number of nitrogens with two attached hydrogens (primary N) is 1. The molecule has 102 valence electrons. The topological polar surface area (TPSA) is 59.5 Å². The summed E-state index contributed by atoms with van der Waals surface area (Å²) in [6.07, 6.45) is 1.59. The third-order valence-electron chi connectivity index (χ3n) is 2.45. The van der Waals surface area contributed by atoms with Crippen LogP contribution in [0.2, 0.25) is 0 Å². The molecule has 4 nitrogen and oxygen atoms in total. The van der Waals surface area contributed by atoms with Gasteiger partial charge in [-0.15, -0.1) is 0 Å². The Labute approximate surface area is 113 Å². The minimum atomic E-state index is -0.0753. The maximum atomic E-state index is 12.1. The number of rotatable bonds is 3. The van der Waals surface area contributed by atoms with Gasteiger partial charge in [0.1, 0.15) is 5.76 Å². The van der Waals surface area contributed by atoms with E-state index in [4.69, 9.17) is 10.2 Å². The third-order valence-corrected chi connectivity index (χ3v) is 2.45. The van der Waals surface area contributed by atoms with Gasteiger partial charge < -0.3 is 15.1 Å². The van der Waals surface area contributed by atoms with Crippen LogP contribution in [0.4, 0.5) is 5.69 Å². The van der Waals surface area contributed by atoms with E-state index in [1.807, 2.05) is 19.9 Å². The molecule has 19 heavy (non-hydrogen) atoms. The number of nitrogen functional groups attached to an aromatic ring is 1. The van der Waals surface area contributed by atoms with Crippen molar-refractivity contribution in [2.45, 2.75) is 20.4 Å². The number of hydrogen-bond donors (Lipinski definition) is 1. The van der Waals surface area contributed by atoms with E-state index in [0.29, 0.717) is 17.8 Å². The number of hydrogen-bond acceptors (Lipinski definition) is 3. The molecule has 4 heteroatoms. The molecule has 0 spiro atoms. The smallest absolute Gasteiger partial charge is 0.254 e. The van der Waals surface area contributed by atoms with Gasteiger partial charge in [-0.2, -0.15) is 0 Å². The van der Waals surface area contributed by atoms with Gasteiger partial charge in [0.05, 0.1) is 12.8 Å². The van der Waals surface area contributed by atoms with Crippen LogP contribution in [0.15, 0.2) is 47.1 Å². The molecule has 0 aliphatic heterocycles. The first-order valence-corrected chi connectivity index (χ1v) is 6.30. The summed E-state index contributed by atoms with van der Waals surface area (Å²) in [6.45, 7) is 4.45. The second kappa shape index (κ2) is 7.26. The molecule has 1 aromatic carbocycles. The summed E-state index contributed by atoms with van der Waals surface area (Å²) in [5.41, 5.74) is 6.81. The molecule has 0 bridgehead atoms. The highest BCUT2D eigenvalue weighted by Crippen LogP contribution is 2.11. The van der Waals surface area contributed by atoms with Gasteiger partial charge in [0, 0.05) is 18.3 Å². The number of carbonyl (C=O) groups excluding carboxylic acids is 1. The van der Waals surface area contributed by atoms with Crippen LogP contribution in [0.5, 0.6) is 0 Å². The van der Waals surface area contributed by atoms with Crippen LogP contribution in [0.1, 0.15) is 30.0 Å². The molecule has 0 saturated carbocycles. The van der Waals surface area contributed by atoms with Crippen LogP contribution in [0.25, 0.3) is 0 Å². The van der Waals surface area contributed by atoms with Crippen LogP contribution in [-0.4, -0.2) is 17.9 Å². The average molecular weight is 260 g/mol. The lowest BCUT2D eigenvalue weighted by atomic mass is 10.2. The van der Waals surface area contributed by atoms with E-state index < -0.39 is 0 Å². The van der Waals surface area contributed by atoms with E-state index in [1.54, 1.807) is 48.5 Å². The maximum Gasteiger partial charge on any atom is 0.254 e. The molecule has 0 radical (unpaired) electrons. The molecule has 0 aliphatic rings. The zero-order chi connectivity index (χ0) is 14.3. The number of furan rings is 1. The lowest BCUT2D eigenvalue weighted by Crippen LogP contribution is -2.26. The van der Waals surface area contributed by atoms with E-state index in [2.05, 4.69) is 0 Å². The van der Waals surface area contributed by atoms with Gasteiger partial charge in [0.15, 0.2) is 0 Å². The maximum absolute atomic E-state index is 12.1. The Morgan fingerprint density at radius 2 is 2.00 bits per heavy atom. The Kier molecular flexibility index (Phi) is 5.67. The van der Waals surface area contributed by atoms with E-state index in [0.717, 1.165) is 5.76 Å². The van der Waals surface area contributed by atoms with Crippen LogP contribution in [-0.2, 0) is 6.54 Å². The van der Waals surface area contributed by atoms with Crippen molar-refractivity contribution in [2.24, 2.45) is 0 Å². The fraction of sp³-hybridized carbons (Fsp3) is 0.267. The Morgan fingerprint density at radius 1 is 1.26 bits per heavy atom. The minimum absolute atomic E-state index is 0.0753. The summed E-state index contributed by atoms with van der Waals surface area (Å²) in [6, 6.07) is 10.6. The highest BCUT2D eigenvalue weighted by Gasteiger charge is 2.12. The number of amides is 1. The SMILES string of the molecule is CC.CN(Cc1ccco1)C(=O)c1cccc(N)c1. The van der Waals surface area contributed by atoms with Gasteiger partial charge in [-0.3, -0.25) is 4.79 Å². The fourth-order valence-electron chi connectivity index (χ4n) is 1.60. The van der Waals surface area contributed by atoms with Crippen molar-refractivity contribution in [2.75, 3.05) is 12.8 Å². The van der Waals surface area contributed by atoms with Gasteiger partial charge in [-0.25, -0.2) is 0 Å². The summed E-state index contributed by atoms with van der Waals surface area (Å²) >= 11 is 0. The molecule has 0 fully saturated rings. The largest absolute Gasteiger partial charge is 0.467 e. The molecular formula is C15H20N2O2. The number of carbonyl (C=O) groups is 1. The Hall–Kier alpha value is -2.23. The molecule has 0 unspecified atom stereocenters. The van der Waals surface area contributed by atoms with Crippen molar-refractivity contribution in [1.82, 2.24) is 4.90 Å². The van der Waals surface area contributed by atoms with Gasteiger partial charge in [0.2, 0.25) is 0 Å². The summed E-state index contributed by atoms with van der Waals surface area (Å²) < 4.78 is 5.20. The summed E-state index contributed by atoms with van der Waals surface area (Å²) in [5, 5.41) is 0. The summed E-state index contributed by atoms with van der Waals surface area (Å²) in [5.74, 6) is 0.679. The highest BCUT2D eigenvalue weighted by molar-refractivity contribution is 5.94. The molecule has 1 amide bonds. The van der Waals surface area contributed by atoms with Crippen LogP contribution < -0.4 is 5.73 Å². The molecule has 0 aliphatic carbocycles. The summed E-state index contributed by atoms with van der Waals surface area (Å²) in [7, 11) is 1.73. The molecule has 1 aromatic heterocycles. The standard InChI is InChI=1S/C13H14N2O2.C2H6/c1-15(9-12-6-3-7-17-12)13(16)10-4-2-5-11(14)8-10;1-2/h2-8H,9,14H2,1H3;1-2H3. The average Bonchev–Trinajstić information content (AvgIpc) is 2.93. The molecule has 0 saturated heterocycles. The second-order valence-electron chi connectivity index (χ2n) is 3.87. The zero-order valence-electron chi connectivity index (χ0n) is 11.6. The Morgan fingerprint density at radius 3 is 2.58 bits per heavy atom. The van der Waals surface area contributed by atoms with Crippen LogP contribution in [0, 0.1) is 0 Å². The lowest BCUT2D eigenvalue weighted by molar-refractivity contribution is 0.0775. The van der Waals surface area contributed by atoms with Crippen molar-refractivity contribution >= 4 is 11.6 Å². The molecule has 2 rings (SSSR count). The van der Waals surface area contributed by atoms with Crippen molar-refractivity contribution < 1.29 is 9.21 Å². The first-order valence-electron chi connectivity index (χ1n) is 6.30. The molecule has 0 atom stereocenters. The highest BCUT2D eigenvalue weighted by atomic mass is 16.3. The fourth-order valence-corrected chi connectivity index (χ4v) is 1.60. The second-order valence-corrected chi connectivity index (χ2v) is 3.87. The van der Waals surface area contributed by atoms with E-state index in [9.17, 15) is 4.79 Å². The lowest BCUT2D eigenvalue weighted by Gasteiger charge is -2.15. The van der Waals surface area contributed by atoms with Gasteiger partial charge in [0.25, 0.3) is 5.91 Å². The predicted octanol–water partition coefficient (Wildman–Crippen LogP) is 3.16. The third kappa shape index (κ3) is 4.17. The first kappa shape index (κ1) is 14.8. The zero-order valence-corrected chi connectivity index (χ0v) is 11.6. The minimum Gasteiger partial charge on any atom is -0.467 e. The monoisotopic (exact) mass is 260 g/mol. The van der Waals surface area contributed by atoms with Crippen LogP contribution in [0.3, 0.4) is 0 Å². The molecule has 2 aromatic rings. The van der Waals surface area contributed by atoms with Gasteiger partial charge in [-0.05, 0) is 30.3 Å². The molecular weight excluding hydrogens is 240 g/mol. The van der Waals surface area contributed by atoms with E-state index in [-0.39, 0.29) is 5.91 Å². The van der Waals surface area contributed by atoms with E-state index >= 15 is 0 Å². The molecule has 2 N–H and O–H groups in total. The quantitative estimate of drug-likeness (QED) is 0.862. The van der Waals surface area contributed by atoms with E-state index in [1.165, 1.54) is 0 Å². The Balaban J connectivity index is 0.000000861. The number of benzene rings is 1. The number of anilines is 1. The number of nitrogens with zero attached hydrogens (tertiary/aromatic N) is 1. The first-order chi connectivity index (χ1) is 9.16. The normalized spacial score (nSPS) is 9.42. The predicted molar refractivity (Wildman–Crippen MR) is 76.7 cm³/mol. The van der Waals surface area contributed by atoms with Crippen molar-refractivity contribution in [3.63, 3.8) is 0 Å². The van der Waals surface area contributed by atoms with Gasteiger partial charge >= 0.3 is 0 Å². The summed E-state index contributed by atoms with van der Waals surface area (Å²) in [4.78, 5) is 13.6. The van der Waals surface area contributed by atoms with Crippen molar-refractivity contribution in [3.05, 3.63) is 54.0 Å². The van der Waals surface area contributed by atoms with Crippen molar-refractivity contribution in [3.8, 4) is 0 Å². The Bertz CT molecular complexity index is 507. The van der Waals surface area contributed by atoms with Gasteiger partial charge in [-0.1, -0.05) is 19.9 Å².